The Bertz CT molecular complexity index is 462. The first kappa shape index (κ1) is 15.8. The number of aldehydes is 1. The summed E-state index contributed by atoms with van der Waals surface area (Å²) in [5.41, 5.74) is 6.49. The molecule has 0 heterocycles. The SMILES string of the molecule is N[C@@H](CCC(=O)O)C(=O)N[C@H](C=O)Cc1ccccc1. The molecule has 1 aromatic carbocycles. The molecule has 0 saturated heterocycles. The summed E-state index contributed by atoms with van der Waals surface area (Å²) in [7, 11) is 0. The number of carbonyl (C=O) groups excluding carboxylic acids is 2. The van der Waals surface area contributed by atoms with Gasteiger partial charge in [0, 0.05) is 6.42 Å². The summed E-state index contributed by atoms with van der Waals surface area (Å²) < 4.78 is 0. The van der Waals surface area contributed by atoms with Crippen LogP contribution in [0.3, 0.4) is 0 Å². The molecule has 6 heteroatoms. The van der Waals surface area contributed by atoms with Crippen LogP contribution in [0.1, 0.15) is 18.4 Å². The van der Waals surface area contributed by atoms with Crippen molar-refractivity contribution in [1.82, 2.24) is 5.32 Å². The predicted molar refractivity (Wildman–Crippen MR) is 73.0 cm³/mol. The highest BCUT2D eigenvalue weighted by Crippen LogP contribution is 2.03. The van der Waals surface area contributed by atoms with Gasteiger partial charge in [-0.15, -0.1) is 0 Å². The molecular formula is C14H18N2O4. The van der Waals surface area contributed by atoms with Crippen LogP contribution < -0.4 is 11.1 Å². The Kier molecular flexibility index (Phi) is 6.39. The number of hydrogen-bond donors (Lipinski definition) is 3. The van der Waals surface area contributed by atoms with Crippen molar-refractivity contribution in [3.63, 3.8) is 0 Å². The molecule has 0 saturated carbocycles. The summed E-state index contributed by atoms with van der Waals surface area (Å²) in [6.07, 6.45) is 0.883. The quantitative estimate of drug-likeness (QED) is 0.584. The lowest BCUT2D eigenvalue weighted by Gasteiger charge is -2.16. The number of nitrogens with one attached hydrogen (secondary N) is 1. The molecule has 1 amide bonds. The molecule has 0 aliphatic heterocycles. The van der Waals surface area contributed by atoms with E-state index in [-0.39, 0.29) is 12.8 Å². The van der Waals surface area contributed by atoms with Crippen LogP contribution in [-0.4, -0.2) is 35.4 Å². The molecule has 0 spiro atoms. The van der Waals surface area contributed by atoms with Gasteiger partial charge in [0.1, 0.15) is 6.29 Å². The van der Waals surface area contributed by atoms with Crippen molar-refractivity contribution < 1.29 is 19.5 Å². The third-order valence-corrected chi connectivity index (χ3v) is 2.80. The third-order valence-electron chi connectivity index (χ3n) is 2.80. The van der Waals surface area contributed by atoms with Crippen molar-refractivity contribution in [2.45, 2.75) is 31.3 Å². The minimum absolute atomic E-state index is 0.0398. The third kappa shape index (κ3) is 5.62. The first-order chi connectivity index (χ1) is 9.52. The molecule has 20 heavy (non-hydrogen) atoms. The zero-order valence-electron chi connectivity index (χ0n) is 11.0. The lowest BCUT2D eigenvalue weighted by molar-refractivity contribution is -0.137. The zero-order chi connectivity index (χ0) is 15.0. The fourth-order valence-electron chi connectivity index (χ4n) is 1.70. The van der Waals surface area contributed by atoms with Gasteiger partial charge in [-0.25, -0.2) is 0 Å². The highest BCUT2D eigenvalue weighted by molar-refractivity contribution is 5.84. The number of benzene rings is 1. The monoisotopic (exact) mass is 278 g/mol. The second-order valence-corrected chi connectivity index (χ2v) is 4.48. The molecule has 0 aliphatic carbocycles. The highest BCUT2D eigenvalue weighted by atomic mass is 16.4. The van der Waals surface area contributed by atoms with Crippen molar-refractivity contribution in [2.24, 2.45) is 5.73 Å². The van der Waals surface area contributed by atoms with Gasteiger partial charge in [0.05, 0.1) is 12.1 Å². The molecule has 1 rings (SSSR count). The highest BCUT2D eigenvalue weighted by Gasteiger charge is 2.18. The van der Waals surface area contributed by atoms with E-state index in [1.807, 2.05) is 30.3 Å². The summed E-state index contributed by atoms with van der Waals surface area (Å²) in [6.45, 7) is 0. The van der Waals surface area contributed by atoms with Gasteiger partial charge >= 0.3 is 5.97 Å². The molecule has 0 radical (unpaired) electrons. The van der Waals surface area contributed by atoms with Gasteiger partial charge in [0.15, 0.2) is 0 Å². The Morgan fingerprint density at radius 1 is 1.30 bits per heavy atom. The van der Waals surface area contributed by atoms with Crippen LogP contribution in [0, 0.1) is 0 Å². The molecule has 0 unspecified atom stereocenters. The Morgan fingerprint density at radius 2 is 1.95 bits per heavy atom. The van der Waals surface area contributed by atoms with E-state index in [0.29, 0.717) is 12.7 Å². The van der Waals surface area contributed by atoms with Crippen molar-refractivity contribution in [1.29, 1.82) is 0 Å². The lowest BCUT2D eigenvalue weighted by Crippen LogP contribution is -2.47. The zero-order valence-corrected chi connectivity index (χ0v) is 11.0. The summed E-state index contributed by atoms with van der Waals surface area (Å²) in [6, 6.07) is 7.67. The normalized spacial score (nSPS) is 13.2. The van der Waals surface area contributed by atoms with E-state index in [4.69, 9.17) is 10.8 Å². The number of hydrogen-bond acceptors (Lipinski definition) is 4. The van der Waals surface area contributed by atoms with Crippen molar-refractivity contribution in [2.75, 3.05) is 0 Å². The second kappa shape index (κ2) is 8.06. The van der Waals surface area contributed by atoms with E-state index >= 15 is 0 Å². The number of nitrogens with two attached hydrogens (primary N) is 1. The summed E-state index contributed by atoms with van der Waals surface area (Å²) in [5.74, 6) is -1.52. The van der Waals surface area contributed by atoms with Gasteiger partial charge in [-0.1, -0.05) is 30.3 Å². The smallest absolute Gasteiger partial charge is 0.303 e. The van der Waals surface area contributed by atoms with Crippen LogP contribution in [0.2, 0.25) is 0 Å². The number of aliphatic carboxylic acids is 1. The van der Waals surface area contributed by atoms with Crippen molar-refractivity contribution in [3.8, 4) is 0 Å². The Morgan fingerprint density at radius 3 is 2.50 bits per heavy atom. The van der Waals surface area contributed by atoms with Crippen LogP contribution in [0.15, 0.2) is 30.3 Å². The van der Waals surface area contributed by atoms with Gasteiger partial charge in [-0.2, -0.15) is 0 Å². The maximum absolute atomic E-state index is 11.7. The van der Waals surface area contributed by atoms with Crippen LogP contribution in [-0.2, 0) is 20.8 Å². The van der Waals surface area contributed by atoms with Gasteiger partial charge in [0.25, 0.3) is 0 Å². The first-order valence-corrected chi connectivity index (χ1v) is 6.30. The summed E-state index contributed by atoms with van der Waals surface area (Å²) in [5, 5.41) is 11.0. The van der Waals surface area contributed by atoms with E-state index < -0.39 is 24.0 Å². The number of carboxylic acids is 1. The molecule has 108 valence electrons. The summed E-state index contributed by atoms with van der Waals surface area (Å²) in [4.78, 5) is 33.1. The minimum atomic E-state index is -1.01. The molecule has 0 fully saturated rings. The Hall–Kier alpha value is -2.21. The van der Waals surface area contributed by atoms with Gasteiger partial charge in [-0.05, 0) is 18.4 Å². The van der Waals surface area contributed by atoms with E-state index in [1.165, 1.54) is 0 Å². The lowest BCUT2D eigenvalue weighted by atomic mass is 10.1. The molecule has 1 aromatic rings. The van der Waals surface area contributed by atoms with Crippen LogP contribution in [0.25, 0.3) is 0 Å². The largest absolute Gasteiger partial charge is 0.481 e. The van der Waals surface area contributed by atoms with E-state index in [0.717, 1.165) is 5.56 Å². The van der Waals surface area contributed by atoms with Gasteiger partial charge in [-0.3, -0.25) is 9.59 Å². The molecule has 0 aromatic heterocycles. The maximum atomic E-state index is 11.7. The molecule has 6 nitrogen and oxygen atoms in total. The average Bonchev–Trinajstić information content (AvgIpc) is 2.44. The summed E-state index contributed by atoms with van der Waals surface area (Å²) >= 11 is 0. The molecule has 0 aliphatic rings. The minimum Gasteiger partial charge on any atom is -0.481 e. The van der Waals surface area contributed by atoms with E-state index in [9.17, 15) is 14.4 Å². The predicted octanol–water partition coefficient (Wildman–Crippen LogP) is 0.105. The Balaban J connectivity index is 2.49. The fraction of sp³-hybridized carbons (Fsp3) is 0.357. The fourth-order valence-corrected chi connectivity index (χ4v) is 1.70. The average molecular weight is 278 g/mol. The maximum Gasteiger partial charge on any atom is 0.303 e. The van der Waals surface area contributed by atoms with Crippen molar-refractivity contribution in [3.05, 3.63) is 35.9 Å². The van der Waals surface area contributed by atoms with Gasteiger partial charge in [0.2, 0.25) is 5.91 Å². The first-order valence-electron chi connectivity index (χ1n) is 6.30. The standard InChI is InChI=1S/C14H18N2O4/c15-12(6-7-13(18)19)14(20)16-11(9-17)8-10-4-2-1-3-5-10/h1-5,9,11-12H,6-8,15H2,(H,16,20)(H,18,19)/t11-,12-/m0/s1. The van der Waals surface area contributed by atoms with E-state index in [1.54, 1.807) is 0 Å². The molecular weight excluding hydrogens is 260 g/mol. The van der Waals surface area contributed by atoms with Crippen molar-refractivity contribution >= 4 is 18.2 Å². The second-order valence-electron chi connectivity index (χ2n) is 4.48. The number of rotatable bonds is 8. The number of carboxylic acid groups (broad SMARTS) is 1. The number of carbonyl (C=O) groups is 3. The van der Waals surface area contributed by atoms with E-state index in [2.05, 4.69) is 5.32 Å². The number of amides is 1. The van der Waals surface area contributed by atoms with Crippen LogP contribution in [0.5, 0.6) is 0 Å². The van der Waals surface area contributed by atoms with Gasteiger partial charge < -0.3 is 21.0 Å². The Labute approximate surface area is 117 Å². The molecule has 2 atom stereocenters. The van der Waals surface area contributed by atoms with Crippen LogP contribution >= 0.6 is 0 Å². The van der Waals surface area contributed by atoms with Crippen LogP contribution in [0.4, 0.5) is 0 Å². The molecule has 4 N–H and O–H groups in total. The topological polar surface area (TPSA) is 109 Å². The molecule has 0 bridgehead atoms.